The Morgan fingerprint density at radius 1 is 0.524 bits per heavy atom. The van der Waals surface area contributed by atoms with Crippen molar-refractivity contribution in [2.45, 2.75) is 206 Å². The Morgan fingerprint density at radius 3 is 1.38 bits per heavy atom. The minimum absolute atomic E-state index is 0.338. The van der Waals surface area contributed by atoms with Gasteiger partial charge in [0, 0.05) is 6.42 Å². The van der Waals surface area contributed by atoms with Gasteiger partial charge in [0.25, 0.3) is 0 Å². The van der Waals surface area contributed by atoms with Crippen molar-refractivity contribution in [3.63, 3.8) is 0 Å². The van der Waals surface area contributed by atoms with E-state index in [9.17, 15) is 14.7 Å². The second-order valence-corrected chi connectivity index (χ2v) is 12.4. The summed E-state index contributed by atoms with van der Waals surface area (Å²) in [5, 5.41) is 9.45. The van der Waals surface area contributed by atoms with Gasteiger partial charge in [-0.25, -0.2) is 4.79 Å². The van der Waals surface area contributed by atoms with E-state index in [0.29, 0.717) is 12.8 Å². The molecule has 246 valence electrons. The lowest BCUT2D eigenvalue weighted by molar-refractivity contribution is -0.164. The predicted molar refractivity (Wildman–Crippen MR) is 181 cm³/mol. The molecule has 0 saturated carbocycles. The monoisotopic (exact) mass is 591 g/mol. The highest BCUT2D eigenvalue weighted by molar-refractivity contribution is 5.77. The number of hydrogen-bond donors (Lipinski definition) is 1. The van der Waals surface area contributed by atoms with Gasteiger partial charge < -0.3 is 9.84 Å². The molecule has 42 heavy (non-hydrogen) atoms. The first-order valence-electron chi connectivity index (χ1n) is 18.3. The van der Waals surface area contributed by atoms with Crippen molar-refractivity contribution in [2.75, 3.05) is 0 Å². The highest BCUT2D eigenvalue weighted by Gasteiger charge is 2.21. The number of carbonyl (C=O) groups is 2. The molecule has 0 aliphatic heterocycles. The average Bonchev–Trinajstić information content (AvgIpc) is 2.98. The molecule has 4 nitrogen and oxygen atoms in total. The summed E-state index contributed by atoms with van der Waals surface area (Å²) < 4.78 is 5.30. The smallest absolute Gasteiger partial charge is 0.345 e. The molecule has 0 aliphatic rings. The van der Waals surface area contributed by atoms with Crippen LogP contribution in [0.25, 0.3) is 0 Å². The number of rotatable bonds is 33. The molecule has 1 unspecified atom stereocenters. The fourth-order valence-electron chi connectivity index (χ4n) is 5.41. The Kier molecular flexibility index (Phi) is 32.6. The minimum atomic E-state index is -1.01. The van der Waals surface area contributed by atoms with Crippen molar-refractivity contribution in [3.8, 4) is 0 Å². The summed E-state index contributed by atoms with van der Waals surface area (Å²) in [5.74, 6) is -1.36. The Balaban J connectivity index is 3.55. The van der Waals surface area contributed by atoms with Crippen LogP contribution in [0, 0.1) is 0 Å². The number of aliphatic carboxylic acids is 1. The number of unbranched alkanes of at least 4 members (excludes halogenated alkanes) is 23. The van der Waals surface area contributed by atoms with Crippen molar-refractivity contribution >= 4 is 11.9 Å². The summed E-state index contributed by atoms with van der Waals surface area (Å²) in [4.78, 5) is 23.7. The molecular formula is C38H70O4. The SMILES string of the molecule is CCCCC/C=C\C/C=C\CCCCCCCCCCCC(=O)OC(CCCCCCCCCCCCCC)C(=O)O. The average molecular weight is 591 g/mol. The van der Waals surface area contributed by atoms with E-state index in [1.165, 1.54) is 128 Å². The van der Waals surface area contributed by atoms with Crippen LogP contribution in [0.5, 0.6) is 0 Å². The molecule has 0 amide bonds. The van der Waals surface area contributed by atoms with Crippen LogP contribution in [0.4, 0.5) is 0 Å². The first kappa shape index (κ1) is 40.4. The van der Waals surface area contributed by atoms with E-state index < -0.39 is 12.1 Å². The number of hydrogen-bond acceptors (Lipinski definition) is 3. The van der Waals surface area contributed by atoms with Crippen LogP contribution < -0.4 is 0 Å². The predicted octanol–water partition coefficient (Wildman–Crippen LogP) is 12.4. The van der Waals surface area contributed by atoms with Gasteiger partial charge in [-0.15, -0.1) is 0 Å². The number of allylic oxidation sites excluding steroid dienone is 4. The van der Waals surface area contributed by atoms with Crippen LogP contribution in [0.3, 0.4) is 0 Å². The maximum atomic E-state index is 12.2. The van der Waals surface area contributed by atoms with Gasteiger partial charge in [0.2, 0.25) is 0 Å². The lowest BCUT2D eigenvalue weighted by atomic mass is 10.0. The molecule has 0 spiro atoms. The lowest BCUT2D eigenvalue weighted by Gasteiger charge is -2.13. The second-order valence-electron chi connectivity index (χ2n) is 12.4. The molecule has 0 aromatic rings. The van der Waals surface area contributed by atoms with Gasteiger partial charge in [-0.05, 0) is 51.4 Å². The fourth-order valence-corrected chi connectivity index (χ4v) is 5.41. The van der Waals surface area contributed by atoms with Gasteiger partial charge in [0.15, 0.2) is 6.10 Å². The molecule has 0 aliphatic carbocycles. The number of carboxylic acids is 1. The molecule has 1 atom stereocenters. The number of carbonyl (C=O) groups excluding carboxylic acids is 1. The van der Waals surface area contributed by atoms with Gasteiger partial charge in [-0.2, -0.15) is 0 Å². The van der Waals surface area contributed by atoms with E-state index in [4.69, 9.17) is 4.74 Å². The topological polar surface area (TPSA) is 63.6 Å². The van der Waals surface area contributed by atoms with Gasteiger partial charge in [0.1, 0.15) is 0 Å². The summed E-state index contributed by atoms with van der Waals surface area (Å²) in [6.07, 6.45) is 42.1. The third kappa shape index (κ3) is 31.4. The van der Waals surface area contributed by atoms with Crippen LogP contribution in [0.2, 0.25) is 0 Å². The van der Waals surface area contributed by atoms with Crippen molar-refractivity contribution in [3.05, 3.63) is 24.3 Å². The van der Waals surface area contributed by atoms with Crippen LogP contribution in [0.1, 0.15) is 200 Å². The van der Waals surface area contributed by atoms with Crippen molar-refractivity contribution in [2.24, 2.45) is 0 Å². The number of esters is 1. The molecule has 1 N–H and O–H groups in total. The van der Waals surface area contributed by atoms with Crippen LogP contribution in [-0.4, -0.2) is 23.1 Å². The van der Waals surface area contributed by atoms with Crippen LogP contribution in [0.15, 0.2) is 24.3 Å². The van der Waals surface area contributed by atoms with Gasteiger partial charge in [-0.1, -0.05) is 167 Å². The van der Waals surface area contributed by atoms with Gasteiger partial charge in [0.05, 0.1) is 0 Å². The molecule has 0 aromatic carbocycles. The maximum Gasteiger partial charge on any atom is 0.345 e. The molecule has 0 heterocycles. The fraction of sp³-hybridized carbons (Fsp3) is 0.842. The van der Waals surface area contributed by atoms with E-state index in [-0.39, 0.29) is 5.97 Å². The summed E-state index contributed by atoms with van der Waals surface area (Å²) in [5.41, 5.74) is 0. The molecule has 4 heteroatoms. The highest BCUT2D eigenvalue weighted by atomic mass is 16.6. The van der Waals surface area contributed by atoms with Crippen molar-refractivity contribution in [1.29, 1.82) is 0 Å². The van der Waals surface area contributed by atoms with E-state index in [1.54, 1.807) is 0 Å². The van der Waals surface area contributed by atoms with Crippen LogP contribution >= 0.6 is 0 Å². The van der Waals surface area contributed by atoms with E-state index in [2.05, 4.69) is 38.2 Å². The highest BCUT2D eigenvalue weighted by Crippen LogP contribution is 2.16. The van der Waals surface area contributed by atoms with Crippen molar-refractivity contribution in [1.82, 2.24) is 0 Å². The minimum Gasteiger partial charge on any atom is -0.479 e. The third-order valence-corrected chi connectivity index (χ3v) is 8.20. The quantitative estimate of drug-likeness (QED) is 0.0469. The Bertz CT molecular complexity index is 639. The third-order valence-electron chi connectivity index (χ3n) is 8.20. The molecular weight excluding hydrogens is 520 g/mol. The summed E-state index contributed by atoms with van der Waals surface area (Å²) >= 11 is 0. The Morgan fingerprint density at radius 2 is 0.905 bits per heavy atom. The molecule has 0 saturated heterocycles. The molecule has 0 rings (SSSR count). The first-order chi connectivity index (χ1) is 20.6. The number of carboxylic acid groups (broad SMARTS) is 1. The Labute approximate surface area is 261 Å². The molecule has 0 fully saturated rings. The zero-order valence-corrected chi connectivity index (χ0v) is 28.1. The molecule has 0 aromatic heterocycles. The summed E-state index contributed by atoms with van der Waals surface area (Å²) in [6.45, 7) is 4.50. The molecule has 0 radical (unpaired) electrons. The van der Waals surface area contributed by atoms with E-state index in [0.717, 1.165) is 44.9 Å². The van der Waals surface area contributed by atoms with Gasteiger partial charge >= 0.3 is 11.9 Å². The van der Waals surface area contributed by atoms with Gasteiger partial charge in [-0.3, -0.25) is 4.79 Å². The lowest BCUT2D eigenvalue weighted by Crippen LogP contribution is -2.27. The number of ether oxygens (including phenoxy) is 1. The zero-order valence-electron chi connectivity index (χ0n) is 28.1. The van der Waals surface area contributed by atoms with E-state index >= 15 is 0 Å². The normalized spacial score (nSPS) is 12.4. The second kappa shape index (κ2) is 33.9. The zero-order chi connectivity index (χ0) is 30.8. The standard InChI is InChI=1S/C38H70O4/c1-3-5-7-9-11-13-15-17-18-19-20-21-22-23-25-27-29-31-33-35-37(39)42-36(38(40)41)34-32-30-28-26-24-16-14-12-10-8-6-4-2/h11,13,17-18,36H,3-10,12,14-16,19-35H2,1-2H3,(H,40,41)/b13-11-,18-17-. The first-order valence-corrected chi connectivity index (χ1v) is 18.3. The molecule has 0 bridgehead atoms. The maximum absolute atomic E-state index is 12.2. The van der Waals surface area contributed by atoms with Crippen LogP contribution in [-0.2, 0) is 14.3 Å². The Hall–Kier alpha value is -1.58. The van der Waals surface area contributed by atoms with Crippen molar-refractivity contribution < 1.29 is 19.4 Å². The summed E-state index contributed by atoms with van der Waals surface area (Å²) in [7, 11) is 0. The van der Waals surface area contributed by atoms with E-state index in [1.807, 2.05) is 0 Å². The largest absolute Gasteiger partial charge is 0.479 e. The summed E-state index contributed by atoms with van der Waals surface area (Å²) in [6, 6.07) is 0.